The Balaban J connectivity index is 3.10. The molecule has 0 radical (unpaired) electrons. The highest BCUT2D eigenvalue weighted by Gasteiger charge is 2.11. The smallest absolute Gasteiger partial charge is 0.338 e. The van der Waals surface area contributed by atoms with Crippen molar-refractivity contribution in [2.24, 2.45) is 0 Å². The predicted molar refractivity (Wildman–Crippen MR) is 61.4 cm³/mol. The molecule has 1 aromatic carbocycles. The number of nitrogens with two attached hydrogens (primary N) is 1. The molecule has 1 rings (SSSR count). The summed E-state index contributed by atoms with van der Waals surface area (Å²) in [4.78, 5) is 11.4. The van der Waals surface area contributed by atoms with Crippen LogP contribution in [0.5, 0.6) is 0 Å². The Morgan fingerprint density at radius 2 is 2.27 bits per heavy atom. The van der Waals surface area contributed by atoms with Crippen LogP contribution in [-0.2, 0) is 4.74 Å². The van der Waals surface area contributed by atoms with Crippen LogP contribution in [0.25, 0.3) is 0 Å². The minimum atomic E-state index is -0.405. The zero-order chi connectivity index (χ0) is 11.4. The van der Waals surface area contributed by atoms with Crippen molar-refractivity contribution < 1.29 is 9.53 Å². The van der Waals surface area contributed by atoms with E-state index >= 15 is 0 Å². The van der Waals surface area contributed by atoms with Gasteiger partial charge in [0.2, 0.25) is 0 Å². The monoisotopic (exact) mass is 228 g/mol. The van der Waals surface area contributed by atoms with Gasteiger partial charge in [0, 0.05) is 7.05 Å². The van der Waals surface area contributed by atoms with Crippen LogP contribution in [0.15, 0.2) is 12.1 Å². The number of esters is 1. The summed E-state index contributed by atoms with van der Waals surface area (Å²) in [6, 6.07) is 3.11. The number of nitrogens with one attached hydrogen (secondary N) is 1. The van der Waals surface area contributed by atoms with Crippen molar-refractivity contribution in [2.45, 2.75) is 6.92 Å². The van der Waals surface area contributed by atoms with E-state index in [0.29, 0.717) is 28.6 Å². The molecule has 0 spiro atoms. The number of rotatable bonds is 3. The SMILES string of the molecule is CCOC(=O)c1cc(N)c(Cl)c(NC)c1. The van der Waals surface area contributed by atoms with Crippen molar-refractivity contribution in [1.82, 2.24) is 0 Å². The average Bonchev–Trinajstić information content (AvgIpc) is 2.22. The molecule has 0 fully saturated rings. The minimum Gasteiger partial charge on any atom is -0.462 e. The topological polar surface area (TPSA) is 64.3 Å². The number of nitrogen functional groups attached to an aromatic ring is 1. The van der Waals surface area contributed by atoms with Crippen molar-refractivity contribution in [3.05, 3.63) is 22.7 Å². The zero-order valence-electron chi connectivity index (χ0n) is 8.63. The standard InChI is InChI=1S/C10H13ClN2O2/c1-3-15-10(14)6-4-7(12)9(11)8(5-6)13-2/h4-5,13H,3,12H2,1-2H3. The molecule has 0 aliphatic rings. The number of ether oxygens (including phenoxy) is 1. The number of halogens is 1. The van der Waals surface area contributed by atoms with E-state index in [-0.39, 0.29) is 0 Å². The lowest BCUT2D eigenvalue weighted by molar-refractivity contribution is 0.0526. The Hall–Kier alpha value is -1.42. The Bertz CT molecular complexity index is 380. The quantitative estimate of drug-likeness (QED) is 0.615. The van der Waals surface area contributed by atoms with Crippen molar-refractivity contribution in [2.75, 3.05) is 24.7 Å². The minimum absolute atomic E-state index is 0.330. The fourth-order valence-corrected chi connectivity index (χ4v) is 1.36. The number of hydrogen-bond acceptors (Lipinski definition) is 4. The van der Waals surface area contributed by atoms with Crippen LogP contribution in [0.1, 0.15) is 17.3 Å². The fourth-order valence-electron chi connectivity index (χ4n) is 1.16. The van der Waals surface area contributed by atoms with E-state index in [9.17, 15) is 4.79 Å². The molecular weight excluding hydrogens is 216 g/mol. The molecule has 0 heterocycles. The molecule has 0 amide bonds. The summed E-state index contributed by atoms with van der Waals surface area (Å²) >= 11 is 5.91. The molecule has 82 valence electrons. The third kappa shape index (κ3) is 2.53. The number of hydrogen-bond donors (Lipinski definition) is 2. The molecule has 1 aromatic rings. The van der Waals surface area contributed by atoms with Gasteiger partial charge < -0.3 is 15.8 Å². The third-order valence-corrected chi connectivity index (χ3v) is 2.30. The van der Waals surface area contributed by atoms with Crippen LogP contribution in [-0.4, -0.2) is 19.6 Å². The van der Waals surface area contributed by atoms with Crippen molar-refractivity contribution >= 4 is 28.9 Å². The maximum atomic E-state index is 11.4. The summed E-state index contributed by atoms with van der Waals surface area (Å²) in [5.74, 6) is -0.405. The van der Waals surface area contributed by atoms with Gasteiger partial charge in [0.15, 0.2) is 0 Å². The van der Waals surface area contributed by atoms with Gasteiger partial charge in [-0.25, -0.2) is 4.79 Å². The molecule has 0 unspecified atom stereocenters. The third-order valence-electron chi connectivity index (χ3n) is 1.88. The van der Waals surface area contributed by atoms with Gasteiger partial charge in [0.05, 0.1) is 28.6 Å². The fraction of sp³-hybridized carbons (Fsp3) is 0.300. The van der Waals surface area contributed by atoms with Gasteiger partial charge in [-0.15, -0.1) is 0 Å². The summed E-state index contributed by atoms with van der Waals surface area (Å²) in [5.41, 5.74) is 7.01. The largest absolute Gasteiger partial charge is 0.462 e. The summed E-state index contributed by atoms with van der Waals surface area (Å²) in [6.07, 6.45) is 0. The summed E-state index contributed by atoms with van der Waals surface area (Å²) in [6.45, 7) is 2.08. The number of anilines is 2. The summed E-state index contributed by atoms with van der Waals surface area (Å²) in [5, 5.41) is 3.26. The Labute approximate surface area is 93.4 Å². The van der Waals surface area contributed by atoms with E-state index in [2.05, 4.69) is 5.32 Å². The molecule has 3 N–H and O–H groups in total. The van der Waals surface area contributed by atoms with Gasteiger partial charge in [-0.1, -0.05) is 11.6 Å². The first-order valence-corrected chi connectivity index (χ1v) is 4.91. The van der Waals surface area contributed by atoms with Crippen LogP contribution in [0.4, 0.5) is 11.4 Å². The van der Waals surface area contributed by atoms with E-state index < -0.39 is 5.97 Å². The van der Waals surface area contributed by atoms with Gasteiger partial charge in [0.1, 0.15) is 0 Å². The lowest BCUT2D eigenvalue weighted by Crippen LogP contribution is -2.06. The second kappa shape index (κ2) is 4.89. The lowest BCUT2D eigenvalue weighted by Gasteiger charge is -2.09. The van der Waals surface area contributed by atoms with Crippen LogP contribution in [0, 0.1) is 0 Å². The van der Waals surface area contributed by atoms with E-state index in [1.165, 1.54) is 6.07 Å². The molecule has 0 atom stereocenters. The lowest BCUT2D eigenvalue weighted by atomic mass is 10.1. The molecule has 0 saturated carbocycles. The van der Waals surface area contributed by atoms with Crippen LogP contribution in [0.2, 0.25) is 5.02 Å². The molecule has 0 bridgehead atoms. The zero-order valence-corrected chi connectivity index (χ0v) is 9.39. The van der Waals surface area contributed by atoms with E-state index in [4.69, 9.17) is 22.1 Å². The first kappa shape index (κ1) is 11.7. The van der Waals surface area contributed by atoms with Gasteiger partial charge in [0.25, 0.3) is 0 Å². The second-order valence-electron chi connectivity index (χ2n) is 2.90. The molecule has 0 aliphatic carbocycles. The Morgan fingerprint density at radius 1 is 1.60 bits per heavy atom. The number of carbonyl (C=O) groups is 1. The number of carbonyl (C=O) groups excluding carboxylic acids is 1. The maximum Gasteiger partial charge on any atom is 0.338 e. The first-order chi connectivity index (χ1) is 7.10. The molecule has 5 heteroatoms. The first-order valence-electron chi connectivity index (χ1n) is 4.54. The molecule has 0 aliphatic heterocycles. The average molecular weight is 229 g/mol. The molecular formula is C10H13ClN2O2. The molecule has 4 nitrogen and oxygen atoms in total. The van der Waals surface area contributed by atoms with E-state index in [1.807, 2.05) is 0 Å². The molecule has 0 aromatic heterocycles. The number of benzene rings is 1. The van der Waals surface area contributed by atoms with Crippen molar-refractivity contribution in [3.8, 4) is 0 Å². The molecule has 0 saturated heterocycles. The highest BCUT2D eigenvalue weighted by atomic mass is 35.5. The van der Waals surface area contributed by atoms with Gasteiger partial charge in [-0.3, -0.25) is 0 Å². The van der Waals surface area contributed by atoms with Crippen LogP contribution >= 0.6 is 11.6 Å². The summed E-state index contributed by atoms with van der Waals surface area (Å²) < 4.78 is 4.86. The normalized spacial score (nSPS) is 9.80. The highest BCUT2D eigenvalue weighted by molar-refractivity contribution is 6.36. The maximum absolute atomic E-state index is 11.4. The highest BCUT2D eigenvalue weighted by Crippen LogP contribution is 2.29. The summed E-state index contributed by atoms with van der Waals surface area (Å²) in [7, 11) is 1.70. The Kier molecular flexibility index (Phi) is 3.80. The van der Waals surface area contributed by atoms with Crippen molar-refractivity contribution in [1.29, 1.82) is 0 Å². The van der Waals surface area contributed by atoms with Gasteiger partial charge >= 0.3 is 5.97 Å². The van der Waals surface area contributed by atoms with Crippen LogP contribution < -0.4 is 11.1 Å². The van der Waals surface area contributed by atoms with Crippen molar-refractivity contribution in [3.63, 3.8) is 0 Å². The van der Waals surface area contributed by atoms with Gasteiger partial charge in [-0.2, -0.15) is 0 Å². The molecule has 15 heavy (non-hydrogen) atoms. The Morgan fingerprint density at radius 3 is 2.80 bits per heavy atom. The van der Waals surface area contributed by atoms with Crippen LogP contribution in [0.3, 0.4) is 0 Å². The predicted octanol–water partition coefficient (Wildman–Crippen LogP) is 2.14. The second-order valence-corrected chi connectivity index (χ2v) is 3.28. The van der Waals surface area contributed by atoms with Gasteiger partial charge in [-0.05, 0) is 19.1 Å². The van der Waals surface area contributed by atoms with E-state index in [1.54, 1.807) is 20.0 Å². The van der Waals surface area contributed by atoms with E-state index in [0.717, 1.165) is 0 Å².